The zero-order valence-electron chi connectivity index (χ0n) is 19.4. The summed E-state index contributed by atoms with van der Waals surface area (Å²) in [7, 11) is 0. The first kappa shape index (κ1) is 22.8. The number of ether oxygens (including phenoxy) is 1. The summed E-state index contributed by atoms with van der Waals surface area (Å²) in [5, 5.41) is 14.4. The Bertz CT molecular complexity index is 1160. The zero-order valence-corrected chi connectivity index (χ0v) is 19.4. The summed E-state index contributed by atoms with van der Waals surface area (Å²) in [4.78, 5) is 14.5. The molecule has 3 aromatic rings. The molecule has 0 saturated carbocycles. The Hall–Kier alpha value is -3.36. The van der Waals surface area contributed by atoms with Crippen LogP contribution in [0.4, 0.5) is 5.69 Å². The Labute approximate surface area is 196 Å². The molecule has 170 valence electrons. The smallest absolute Gasteiger partial charge is 0.226 e. The molecule has 1 aliphatic heterocycles. The Morgan fingerprint density at radius 3 is 2.67 bits per heavy atom. The Morgan fingerprint density at radius 1 is 1.12 bits per heavy atom. The number of hydrogen-bond donors (Lipinski definition) is 1. The number of hydrogen-bond acceptors (Lipinski definition) is 4. The van der Waals surface area contributed by atoms with Crippen molar-refractivity contribution in [3.63, 3.8) is 0 Å². The van der Waals surface area contributed by atoms with Crippen molar-refractivity contribution >= 4 is 22.4 Å². The lowest BCUT2D eigenvalue weighted by Gasteiger charge is -2.33. The largest absolute Gasteiger partial charge is 0.478 e. The first-order valence-corrected chi connectivity index (χ1v) is 11.7. The number of amides is 1. The van der Waals surface area contributed by atoms with Crippen LogP contribution >= 0.6 is 0 Å². The van der Waals surface area contributed by atoms with Crippen molar-refractivity contribution in [2.45, 2.75) is 39.2 Å². The molecule has 0 bridgehead atoms. The van der Waals surface area contributed by atoms with Gasteiger partial charge in [0.1, 0.15) is 11.8 Å². The summed E-state index contributed by atoms with van der Waals surface area (Å²) < 4.78 is 5.77. The summed E-state index contributed by atoms with van der Waals surface area (Å²) in [6.45, 7) is 6.65. The molecule has 1 saturated heterocycles. The third kappa shape index (κ3) is 5.53. The monoisotopic (exact) mass is 441 g/mol. The summed E-state index contributed by atoms with van der Waals surface area (Å²) in [5.41, 5.74) is 3.32. The highest BCUT2D eigenvalue weighted by molar-refractivity contribution is 5.92. The van der Waals surface area contributed by atoms with E-state index < -0.39 is 0 Å². The van der Waals surface area contributed by atoms with Gasteiger partial charge in [-0.05, 0) is 66.4 Å². The van der Waals surface area contributed by atoms with Crippen molar-refractivity contribution in [1.29, 1.82) is 5.26 Å². The quantitative estimate of drug-likeness (QED) is 0.510. The zero-order chi connectivity index (χ0) is 23.2. The number of fused-ring (bicyclic) bond motifs is 1. The number of nitrogens with one attached hydrogen (secondary N) is 1. The number of benzene rings is 3. The molecule has 1 aliphatic rings. The van der Waals surface area contributed by atoms with Crippen LogP contribution in [0.1, 0.15) is 43.7 Å². The lowest BCUT2D eigenvalue weighted by Crippen LogP contribution is -2.32. The molecule has 4 rings (SSSR count). The van der Waals surface area contributed by atoms with E-state index in [0.717, 1.165) is 49.5 Å². The number of carbonyl (C=O) groups excluding carboxylic acids is 1. The maximum atomic E-state index is 12.1. The standard InChI is InChI=1S/C28H31N3O2/c1-20(2)28(32)30-24-8-5-7-23(18-24)21-12-15-31(16-13-21)19-26-25-9-4-3-6-22(25)10-11-27(26)33-17-14-29/h3-11,18,20-21H,12-13,15-17,19H2,1-2H3,(H,30,32). The number of carbonyl (C=O) groups is 1. The maximum Gasteiger partial charge on any atom is 0.226 e. The molecule has 0 aromatic heterocycles. The number of anilines is 1. The van der Waals surface area contributed by atoms with Crippen LogP contribution in [0.25, 0.3) is 10.8 Å². The van der Waals surface area contributed by atoms with Crippen LogP contribution in [0.5, 0.6) is 5.75 Å². The molecular formula is C28H31N3O2. The first-order chi connectivity index (χ1) is 16.0. The minimum Gasteiger partial charge on any atom is -0.478 e. The lowest BCUT2D eigenvalue weighted by atomic mass is 9.89. The van der Waals surface area contributed by atoms with Gasteiger partial charge < -0.3 is 10.1 Å². The van der Waals surface area contributed by atoms with Gasteiger partial charge in [0.2, 0.25) is 5.91 Å². The Morgan fingerprint density at radius 2 is 1.91 bits per heavy atom. The van der Waals surface area contributed by atoms with Crippen LogP contribution in [-0.4, -0.2) is 30.5 Å². The summed E-state index contributed by atoms with van der Waals surface area (Å²) >= 11 is 0. The van der Waals surface area contributed by atoms with Gasteiger partial charge in [-0.1, -0.05) is 56.3 Å². The minimum atomic E-state index is -0.0343. The van der Waals surface area contributed by atoms with Gasteiger partial charge in [0.05, 0.1) is 0 Å². The second-order valence-electron chi connectivity index (χ2n) is 9.03. The molecule has 0 atom stereocenters. The molecular weight excluding hydrogens is 410 g/mol. The minimum absolute atomic E-state index is 0.0343. The highest BCUT2D eigenvalue weighted by atomic mass is 16.5. The first-order valence-electron chi connectivity index (χ1n) is 11.7. The van der Waals surface area contributed by atoms with E-state index in [-0.39, 0.29) is 18.4 Å². The van der Waals surface area contributed by atoms with Gasteiger partial charge in [-0.15, -0.1) is 0 Å². The van der Waals surface area contributed by atoms with E-state index in [1.165, 1.54) is 16.3 Å². The van der Waals surface area contributed by atoms with Crippen molar-refractivity contribution in [3.8, 4) is 11.8 Å². The van der Waals surface area contributed by atoms with E-state index in [2.05, 4.69) is 52.7 Å². The van der Waals surface area contributed by atoms with E-state index in [0.29, 0.717) is 5.92 Å². The number of nitriles is 1. The Kier molecular flexibility index (Phi) is 7.26. The van der Waals surface area contributed by atoms with E-state index in [1.807, 2.05) is 38.1 Å². The number of rotatable bonds is 7. The molecule has 0 radical (unpaired) electrons. The van der Waals surface area contributed by atoms with Crippen molar-refractivity contribution in [1.82, 2.24) is 4.90 Å². The van der Waals surface area contributed by atoms with Gasteiger partial charge in [-0.25, -0.2) is 0 Å². The fraction of sp³-hybridized carbons (Fsp3) is 0.357. The fourth-order valence-electron chi connectivity index (χ4n) is 4.53. The Balaban J connectivity index is 1.45. The third-order valence-corrected chi connectivity index (χ3v) is 6.41. The number of piperidine rings is 1. The van der Waals surface area contributed by atoms with E-state index in [1.54, 1.807) is 0 Å². The van der Waals surface area contributed by atoms with Gasteiger partial charge in [0.15, 0.2) is 6.61 Å². The van der Waals surface area contributed by atoms with Crippen LogP contribution in [0.2, 0.25) is 0 Å². The average Bonchev–Trinajstić information content (AvgIpc) is 2.84. The molecule has 5 heteroatoms. The molecule has 5 nitrogen and oxygen atoms in total. The lowest BCUT2D eigenvalue weighted by molar-refractivity contribution is -0.118. The molecule has 0 unspecified atom stereocenters. The summed E-state index contributed by atoms with van der Waals surface area (Å²) in [6, 6.07) is 22.8. The molecule has 1 amide bonds. The van der Waals surface area contributed by atoms with Crippen LogP contribution < -0.4 is 10.1 Å². The average molecular weight is 442 g/mol. The molecule has 1 fully saturated rings. The number of likely N-dealkylation sites (tertiary alicyclic amines) is 1. The van der Waals surface area contributed by atoms with Crippen molar-refractivity contribution < 1.29 is 9.53 Å². The SMILES string of the molecule is CC(C)C(=O)Nc1cccc(C2CCN(Cc3c(OCC#N)ccc4ccccc34)CC2)c1. The molecule has 0 aliphatic carbocycles. The normalized spacial score (nSPS) is 14.8. The highest BCUT2D eigenvalue weighted by Crippen LogP contribution is 2.33. The van der Waals surface area contributed by atoms with Crippen LogP contribution in [-0.2, 0) is 11.3 Å². The van der Waals surface area contributed by atoms with E-state index in [4.69, 9.17) is 10.00 Å². The van der Waals surface area contributed by atoms with Crippen LogP contribution in [0, 0.1) is 17.2 Å². The van der Waals surface area contributed by atoms with Gasteiger partial charge in [0.25, 0.3) is 0 Å². The van der Waals surface area contributed by atoms with E-state index >= 15 is 0 Å². The summed E-state index contributed by atoms with van der Waals surface area (Å²) in [5.74, 6) is 1.30. The second kappa shape index (κ2) is 10.5. The number of nitrogens with zero attached hydrogens (tertiary/aromatic N) is 2. The van der Waals surface area contributed by atoms with E-state index in [9.17, 15) is 4.79 Å². The van der Waals surface area contributed by atoms with Gasteiger partial charge >= 0.3 is 0 Å². The molecule has 1 N–H and O–H groups in total. The molecule has 1 heterocycles. The molecule has 33 heavy (non-hydrogen) atoms. The van der Waals surface area contributed by atoms with Crippen LogP contribution in [0.3, 0.4) is 0 Å². The predicted octanol–water partition coefficient (Wildman–Crippen LogP) is 5.72. The van der Waals surface area contributed by atoms with Gasteiger partial charge in [0, 0.05) is 23.7 Å². The highest BCUT2D eigenvalue weighted by Gasteiger charge is 2.23. The van der Waals surface area contributed by atoms with Gasteiger partial charge in [-0.3, -0.25) is 9.69 Å². The van der Waals surface area contributed by atoms with Crippen molar-refractivity contribution in [2.24, 2.45) is 5.92 Å². The maximum absolute atomic E-state index is 12.1. The van der Waals surface area contributed by atoms with Gasteiger partial charge in [-0.2, -0.15) is 5.26 Å². The molecule has 3 aromatic carbocycles. The fourth-order valence-corrected chi connectivity index (χ4v) is 4.53. The van der Waals surface area contributed by atoms with Crippen molar-refractivity contribution in [3.05, 3.63) is 71.8 Å². The van der Waals surface area contributed by atoms with Crippen molar-refractivity contribution in [2.75, 3.05) is 25.0 Å². The third-order valence-electron chi connectivity index (χ3n) is 6.41. The van der Waals surface area contributed by atoms with Crippen LogP contribution in [0.15, 0.2) is 60.7 Å². The second-order valence-corrected chi connectivity index (χ2v) is 9.03. The summed E-state index contributed by atoms with van der Waals surface area (Å²) in [6.07, 6.45) is 2.14. The predicted molar refractivity (Wildman–Crippen MR) is 132 cm³/mol. The topological polar surface area (TPSA) is 65.4 Å². The molecule has 0 spiro atoms.